The molecule has 0 unspecified atom stereocenters. The molecule has 0 radical (unpaired) electrons. The van der Waals surface area contributed by atoms with Crippen molar-refractivity contribution in [3.05, 3.63) is 77.7 Å². The van der Waals surface area contributed by atoms with E-state index in [0.717, 1.165) is 28.3 Å². The lowest BCUT2D eigenvalue weighted by molar-refractivity contribution is 0.102. The van der Waals surface area contributed by atoms with Gasteiger partial charge in [0.1, 0.15) is 11.3 Å². The van der Waals surface area contributed by atoms with Gasteiger partial charge >= 0.3 is 0 Å². The first-order chi connectivity index (χ1) is 13.5. The second-order valence-electron chi connectivity index (χ2n) is 6.59. The number of aromatic nitrogens is 3. The minimum absolute atomic E-state index is 0.232. The van der Waals surface area contributed by atoms with Crippen molar-refractivity contribution in [3.8, 4) is 16.9 Å². The number of benzene rings is 2. The number of ether oxygens (including phenoxy) is 1. The Kier molecular flexibility index (Phi) is 4.53. The Hall–Kier alpha value is -3.67. The van der Waals surface area contributed by atoms with Crippen LogP contribution in [-0.2, 0) is 0 Å². The maximum absolute atomic E-state index is 12.7. The van der Waals surface area contributed by atoms with Gasteiger partial charge in [-0.2, -0.15) is 5.10 Å². The van der Waals surface area contributed by atoms with E-state index in [0.29, 0.717) is 16.9 Å². The zero-order valence-electron chi connectivity index (χ0n) is 15.9. The molecule has 2 aromatic heterocycles. The molecule has 140 valence electrons. The first-order valence-corrected chi connectivity index (χ1v) is 8.93. The van der Waals surface area contributed by atoms with Crippen LogP contribution in [0.3, 0.4) is 0 Å². The quantitative estimate of drug-likeness (QED) is 0.581. The molecule has 0 saturated heterocycles. The number of fused-ring (bicyclic) bond motifs is 1. The Labute approximate surface area is 162 Å². The molecule has 1 N–H and O–H groups in total. The molecule has 0 spiro atoms. The van der Waals surface area contributed by atoms with E-state index in [1.165, 1.54) is 0 Å². The standard InChI is InChI=1S/C22H20N4O2/c1-14-12-15(2)26-21(24-14)20(13-23-26)22(27)25-18-8-4-16(5-9-18)17-6-10-19(28-3)11-7-17/h4-13H,1-3H3,(H,25,27). The van der Waals surface area contributed by atoms with Gasteiger partial charge in [-0.05, 0) is 55.3 Å². The smallest absolute Gasteiger partial charge is 0.261 e. The normalized spacial score (nSPS) is 10.8. The van der Waals surface area contributed by atoms with Gasteiger partial charge in [-0.3, -0.25) is 4.79 Å². The lowest BCUT2D eigenvalue weighted by atomic mass is 10.1. The lowest BCUT2D eigenvalue weighted by Crippen LogP contribution is -2.12. The zero-order valence-corrected chi connectivity index (χ0v) is 15.9. The molecule has 6 heteroatoms. The van der Waals surface area contributed by atoms with Crippen molar-refractivity contribution in [1.82, 2.24) is 14.6 Å². The third kappa shape index (κ3) is 3.32. The molecular weight excluding hydrogens is 352 g/mol. The summed E-state index contributed by atoms with van der Waals surface area (Å²) in [7, 11) is 1.65. The average Bonchev–Trinajstić information content (AvgIpc) is 3.13. The number of methoxy groups -OCH3 is 1. The Morgan fingerprint density at radius 3 is 2.29 bits per heavy atom. The summed E-state index contributed by atoms with van der Waals surface area (Å²) in [6.45, 7) is 3.84. The van der Waals surface area contributed by atoms with Crippen molar-refractivity contribution >= 4 is 17.2 Å². The Bertz CT molecular complexity index is 1150. The molecule has 1 amide bonds. The van der Waals surface area contributed by atoms with Gasteiger partial charge in [0, 0.05) is 17.1 Å². The van der Waals surface area contributed by atoms with E-state index in [9.17, 15) is 4.79 Å². The molecule has 0 aliphatic heterocycles. The minimum Gasteiger partial charge on any atom is -0.497 e. The maximum Gasteiger partial charge on any atom is 0.261 e. The van der Waals surface area contributed by atoms with E-state index in [1.807, 2.05) is 68.4 Å². The van der Waals surface area contributed by atoms with E-state index < -0.39 is 0 Å². The fraction of sp³-hybridized carbons (Fsp3) is 0.136. The minimum atomic E-state index is -0.232. The van der Waals surface area contributed by atoms with Crippen LogP contribution in [-0.4, -0.2) is 27.6 Å². The number of anilines is 1. The number of hydrogen-bond acceptors (Lipinski definition) is 4. The Balaban J connectivity index is 1.55. The number of hydrogen-bond donors (Lipinski definition) is 1. The molecule has 0 aliphatic carbocycles. The molecule has 4 aromatic rings. The van der Waals surface area contributed by atoms with Crippen LogP contribution >= 0.6 is 0 Å². The van der Waals surface area contributed by atoms with E-state index in [4.69, 9.17) is 4.74 Å². The molecule has 2 heterocycles. The number of nitrogens with one attached hydrogen (secondary N) is 1. The summed E-state index contributed by atoms with van der Waals surface area (Å²) in [6, 6.07) is 17.5. The molecule has 0 saturated carbocycles. The molecule has 0 fully saturated rings. The fourth-order valence-corrected chi connectivity index (χ4v) is 3.16. The van der Waals surface area contributed by atoms with Gasteiger partial charge in [-0.25, -0.2) is 9.50 Å². The predicted octanol–water partition coefficient (Wildman–Crippen LogP) is 4.27. The largest absolute Gasteiger partial charge is 0.497 e. The number of nitrogens with zero attached hydrogens (tertiary/aromatic N) is 3. The molecule has 0 bridgehead atoms. The van der Waals surface area contributed by atoms with Crippen molar-refractivity contribution in [3.63, 3.8) is 0 Å². The highest BCUT2D eigenvalue weighted by Crippen LogP contribution is 2.24. The van der Waals surface area contributed by atoms with Crippen LogP contribution in [0.1, 0.15) is 21.7 Å². The Morgan fingerprint density at radius 2 is 1.64 bits per heavy atom. The topological polar surface area (TPSA) is 68.5 Å². The summed E-state index contributed by atoms with van der Waals surface area (Å²) in [5, 5.41) is 7.19. The van der Waals surface area contributed by atoms with Crippen molar-refractivity contribution in [2.75, 3.05) is 12.4 Å². The highest BCUT2D eigenvalue weighted by Gasteiger charge is 2.15. The molecular formula is C22H20N4O2. The van der Waals surface area contributed by atoms with Crippen LogP contribution in [0.5, 0.6) is 5.75 Å². The highest BCUT2D eigenvalue weighted by atomic mass is 16.5. The molecule has 6 nitrogen and oxygen atoms in total. The van der Waals surface area contributed by atoms with Gasteiger partial charge in [-0.1, -0.05) is 24.3 Å². The highest BCUT2D eigenvalue weighted by molar-refractivity contribution is 6.08. The molecule has 0 atom stereocenters. The summed E-state index contributed by atoms with van der Waals surface area (Å²) in [5.74, 6) is 0.588. The third-order valence-electron chi connectivity index (χ3n) is 4.59. The third-order valence-corrected chi connectivity index (χ3v) is 4.59. The van der Waals surface area contributed by atoms with Crippen LogP contribution in [0.15, 0.2) is 60.8 Å². The number of carbonyl (C=O) groups is 1. The monoisotopic (exact) mass is 372 g/mol. The number of amides is 1. The summed E-state index contributed by atoms with van der Waals surface area (Å²) in [6.07, 6.45) is 1.55. The molecule has 2 aromatic carbocycles. The van der Waals surface area contributed by atoms with Gasteiger partial charge in [0.15, 0.2) is 5.65 Å². The van der Waals surface area contributed by atoms with Gasteiger partial charge in [-0.15, -0.1) is 0 Å². The summed E-state index contributed by atoms with van der Waals surface area (Å²) < 4.78 is 6.86. The van der Waals surface area contributed by atoms with E-state index in [1.54, 1.807) is 17.8 Å². The number of rotatable bonds is 4. The zero-order chi connectivity index (χ0) is 19.7. The second-order valence-corrected chi connectivity index (χ2v) is 6.59. The van der Waals surface area contributed by atoms with Crippen LogP contribution in [0, 0.1) is 13.8 Å². The SMILES string of the molecule is COc1ccc(-c2ccc(NC(=O)c3cnn4c(C)cc(C)nc34)cc2)cc1. The van der Waals surface area contributed by atoms with Gasteiger partial charge in [0.05, 0.1) is 13.3 Å². The van der Waals surface area contributed by atoms with Crippen molar-refractivity contribution < 1.29 is 9.53 Å². The van der Waals surface area contributed by atoms with Gasteiger partial charge < -0.3 is 10.1 Å². The van der Waals surface area contributed by atoms with Crippen LogP contribution in [0.2, 0.25) is 0 Å². The van der Waals surface area contributed by atoms with E-state index in [-0.39, 0.29) is 5.91 Å². The second kappa shape index (κ2) is 7.15. The maximum atomic E-state index is 12.7. The first kappa shape index (κ1) is 17.7. The van der Waals surface area contributed by atoms with Crippen LogP contribution in [0.4, 0.5) is 5.69 Å². The van der Waals surface area contributed by atoms with Gasteiger partial charge in [0.2, 0.25) is 0 Å². The summed E-state index contributed by atoms with van der Waals surface area (Å²) >= 11 is 0. The van der Waals surface area contributed by atoms with Crippen molar-refractivity contribution in [2.45, 2.75) is 13.8 Å². The number of aryl methyl sites for hydroxylation is 2. The summed E-state index contributed by atoms with van der Waals surface area (Å²) in [5.41, 5.74) is 5.65. The van der Waals surface area contributed by atoms with Crippen LogP contribution < -0.4 is 10.1 Å². The molecule has 0 aliphatic rings. The number of carbonyl (C=O) groups excluding carboxylic acids is 1. The average molecular weight is 372 g/mol. The first-order valence-electron chi connectivity index (χ1n) is 8.93. The fourth-order valence-electron chi connectivity index (χ4n) is 3.16. The van der Waals surface area contributed by atoms with E-state index >= 15 is 0 Å². The molecule has 4 rings (SSSR count). The molecule has 28 heavy (non-hydrogen) atoms. The Morgan fingerprint density at radius 1 is 1.00 bits per heavy atom. The lowest BCUT2D eigenvalue weighted by Gasteiger charge is -2.07. The van der Waals surface area contributed by atoms with Crippen LogP contribution in [0.25, 0.3) is 16.8 Å². The summed E-state index contributed by atoms with van der Waals surface area (Å²) in [4.78, 5) is 17.2. The van der Waals surface area contributed by atoms with Gasteiger partial charge in [0.25, 0.3) is 5.91 Å². The van der Waals surface area contributed by atoms with E-state index in [2.05, 4.69) is 15.4 Å². The van der Waals surface area contributed by atoms with Crippen molar-refractivity contribution in [1.29, 1.82) is 0 Å². The van der Waals surface area contributed by atoms with Crippen molar-refractivity contribution in [2.24, 2.45) is 0 Å². The predicted molar refractivity (Wildman–Crippen MR) is 109 cm³/mol.